The Morgan fingerprint density at radius 3 is 2.27 bits per heavy atom. The molecular weight excluding hydrogens is 295 g/mol. The number of fused-ring (bicyclic) bond motifs is 1. The number of carbonyl (C=O) groups is 1. The SMILES string of the molecule is CCCCCCC(=O)[C@H](C)OP1N(C)[C@@H]2CCCC[C@H]2N1C. The highest BCUT2D eigenvalue weighted by atomic mass is 31.2. The molecule has 2 fully saturated rings. The summed E-state index contributed by atoms with van der Waals surface area (Å²) in [5, 5.41) is 0. The van der Waals surface area contributed by atoms with Gasteiger partial charge in [0.15, 0.2) is 14.2 Å². The first-order chi connectivity index (χ1) is 10.6. The number of likely N-dealkylation sites (N-methyl/N-ethyl adjacent to an activating group) is 2. The van der Waals surface area contributed by atoms with Gasteiger partial charge in [-0.1, -0.05) is 39.0 Å². The molecular formula is C17H33N2O2P. The quantitative estimate of drug-likeness (QED) is 0.490. The number of hydrogen-bond donors (Lipinski definition) is 0. The molecule has 2 rings (SSSR count). The lowest BCUT2D eigenvalue weighted by Gasteiger charge is -2.28. The van der Waals surface area contributed by atoms with E-state index in [1.54, 1.807) is 0 Å². The molecule has 1 aliphatic heterocycles. The number of rotatable bonds is 8. The zero-order valence-electron chi connectivity index (χ0n) is 14.8. The van der Waals surface area contributed by atoms with Gasteiger partial charge in [0.05, 0.1) is 0 Å². The summed E-state index contributed by atoms with van der Waals surface area (Å²) in [6, 6.07) is 1.24. The van der Waals surface area contributed by atoms with Crippen molar-refractivity contribution in [1.82, 2.24) is 9.34 Å². The van der Waals surface area contributed by atoms with Gasteiger partial charge in [-0.3, -0.25) is 4.79 Å². The molecule has 1 aliphatic carbocycles. The summed E-state index contributed by atoms with van der Waals surface area (Å²) >= 11 is 0. The molecule has 1 saturated heterocycles. The second-order valence-corrected chi connectivity index (χ2v) is 8.82. The van der Waals surface area contributed by atoms with Crippen LogP contribution in [-0.4, -0.2) is 47.4 Å². The maximum absolute atomic E-state index is 12.3. The van der Waals surface area contributed by atoms with Gasteiger partial charge in [0.2, 0.25) is 0 Å². The monoisotopic (exact) mass is 328 g/mol. The third-order valence-corrected chi connectivity index (χ3v) is 7.35. The van der Waals surface area contributed by atoms with Crippen LogP contribution in [0.4, 0.5) is 0 Å². The van der Waals surface area contributed by atoms with Gasteiger partial charge in [-0.05, 0) is 40.3 Å². The van der Waals surface area contributed by atoms with Crippen LogP contribution in [-0.2, 0) is 9.32 Å². The van der Waals surface area contributed by atoms with Gasteiger partial charge >= 0.3 is 0 Å². The first kappa shape index (κ1) is 18.3. The fraction of sp³-hybridized carbons (Fsp3) is 0.941. The molecule has 0 spiro atoms. The summed E-state index contributed by atoms with van der Waals surface area (Å²) < 4.78 is 11.0. The lowest BCUT2D eigenvalue weighted by Crippen LogP contribution is -2.37. The molecule has 1 saturated carbocycles. The van der Waals surface area contributed by atoms with Gasteiger partial charge in [0, 0.05) is 18.5 Å². The Morgan fingerprint density at radius 2 is 1.73 bits per heavy atom. The van der Waals surface area contributed by atoms with Crippen molar-refractivity contribution in [3.05, 3.63) is 0 Å². The molecule has 2 aliphatic rings. The summed E-state index contributed by atoms with van der Waals surface area (Å²) in [5.74, 6) is 0.273. The van der Waals surface area contributed by atoms with Crippen molar-refractivity contribution in [2.75, 3.05) is 14.1 Å². The average Bonchev–Trinajstić information content (AvgIpc) is 2.77. The highest BCUT2D eigenvalue weighted by Crippen LogP contribution is 2.56. The van der Waals surface area contributed by atoms with Crippen molar-refractivity contribution in [3.63, 3.8) is 0 Å². The minimum absolute atomic E-state index is 0.266. The normalized spacial score (nSPS) is 28.7. The minimum Gasteiger partial charge on any atom is -0.320 e. The maximum atomic E-state index is 12.3. The smallest absolute Gasteiger partial charge is 0.188 e. The highest BCUT2D eigenvalue weighted by Gasteiger charge is 2.46. The van der Waals surface area contributed by atoms with Crippen LogP contribution in [0, 0.1) is 0 Å². The fourth-order valence-corrected chi connectivity index (χ4v) is 5.91. The summed E-state index contributed by atoms with van der Waals surface area (Å²) in [6.45, 7) is 4.13. The van der Waals surface area contributed by atoms with E-state index in [1.165, 1.54) is 38.5 Å². The van der Waals surface area contributed by atoms with Crippen LogP contribution in [0.2, 0.25) is 0 Å². The molecule has 3 atom stereocenters. The first-order valence-corrected chi connectivity index (χ1v) is 10.2. The van der Waals surface area contributed by atoms with Gasteiger partial charge in [-0.15, -0.1) is 0 Å². The van der Waals surface area contributed by atoms with E-state index in [0.29, 0.717) is 18.5 Å². The van der Waals surface area contributed by atoms with Crippen molar-refractivity contribution in [2.45, 2.75) is 89.8 Å². The van der Waals surface area contributed by atoms with E-state index in [-0.39, 0.29) is 11.9 Å². The van der Waals surface area contributed by atoms with E-state index in [1.807, 2.05) is 6.92 Å². The lowest BCUT2D eigenvalue weighted by atomic mass is 9.91. The topological polar surface area (TPSA) is 32.8 Å². The van der Waals surface area contributed by atoms with Crippen LogP contribution in [0.3, 0.4) is 0 Å². The molecule has 0 radical (unpaired) electrons. The predicted octanol–water partition coefficient (Wildman–Crippen LogP) is 4.35. The Bertz CT molecular complexity index is 349. The number of unbranched alkanes of at least 4 members (excludes halogenated alkanes) is 3. The molecule has 0 unspecified atom stereocenters. The van der Waals surface area contributed by atoms with Gasteiger partial charge in [-0.2, -0.15) is 0 Å². The van der Waals surface area contributed by atoms with Gasteiger partial charge in [-0.25, -0.2) is 9.34 Å². The Hall–Kier alpha value is -0.0200. The molecule has 0 bridgehead atoms. The van der Waals surface area contributed by atoms with E-state index >= 15 is 0 Å². The standard InChI is InChI=1S/C17H33N2O2P/c1-5-6-7-8-13-17(20)14(2)21-22-18(3)15-11-9-10-12-16(15)19(22)4/h14-16H,5-13H2,1-4H3/t14-,15+,16+/m0/s1. The third kappa shape index (κ3) is 4.29. The van der Waals surface area contributed by atoms with Gasteiger partial charge in [0.25, 0.3) is 0 Å². The highest BCUT2D eigenvalue weighted by molar-refractivity contribution is 7.47. The molecule has 0 aromatic rings. The largest absolute Gasteiger partial charge is 0.320 e. The summed E-state index contributed by atoms with van der Waals surface area (Å²) in [7, 11) is 3.59. The molecule has 0 aromatic carbocycles. The number of nitrogens with zero attached hydrogens (tertiary/aromatic N) is 2. The van der Waals surface area contributed by atoms with Crippen molar-refractivity contribution in [1.29, 1.82) is 0 Å². The van der Waals surface area contributed by atoms with E-state index in [4.69, 9.17) is 4.52 Å². The third-order valence-electron chi connectivity index (χ3n) is 5.18. The van der Waals surface area contributed by atoms with E-state index < -0.39 is 8.45 Å². The molecule has 0 aromatic heterocycles. The molecule has 5 heteroatoms. The number of Topliss-reactive ketones (excluding diaryl/α,β-unsaturated/α-hetero) is 1. The van der Waals surface area contributed by atoms with Crippen LogP contribution in [0.1, 0.15) is 71.6 Å². The zero-order chi connectivity index (χ0) is 16.1. The Balaban J connectivity index is 1.82. The maximum Gasteiger partial charge on any atom is 0.188 e. The molecule has 22 heavy (non-hydrogen) atoms. The average molecular weight is 328 g/mol. The van der Waals surface area contributed by atoms with Crippen LogP contribution in [0.25, 0.3) is 0 Å². The minimum atomic E-state index is -0.766. The molecule has 4 nitrogen and oxygen atoms in total. The lowest BCUT2D eigenvalue weighted by molar-refractivity contribution is -0.125. The predicted molar refractivity (Wildman–Crippen MR) is 92.8 cm³/mol. The van der Waals surface area contributed by atoms with Crippen LogP contribution < -0.4 is 0 Å². The van der Waals surface area contributed by atoms with Crippen molar-refractivity contribution in [3.8, 4) is 0 Å². The number of ketones is 1. The second kappa shape index (κ2) is 8.73. The van der Waals surface area contributed by atoms with Crippen LogP contribution >= 0.6 is 8.45 Å². The Labute approximate surface area is 137 Å². The van der Waals surface area contributed by atoms with Crippen LogP contribution in [0.5, 0.6) is 0 Å². The first-order valence-electron chi connectivity index (χ1n) is 9.01. The van der Waals surface area contributed by atoms with Gasteiger partial charge < -0.3 is 4.52 Å². The van der Waals surface area contributed by atoms with E-state index in [0.717, 1.165) is 12.8 Å². The Morgan fingerprint density at radius 1 is 1.14 bits per heavy atom. The fourth-order valence-electron chi connectivity index (χ4n) is 3.72. The van der Waals surface area contributed by atoms with Crippen LogP contribution in [0.15, 0.2) is 0 Å². The van der Waals surface area contributed by atoms with Gasteiger partial charge in [0.1, 0.15) is 6.10 Å². The number of carbonyl (C=O) groups excluding carboxylic acids is 1. The molecule has 0 N–H and O–H groups in total. The van der Waals surface area contributed by atoms with Crippen molar-refractivity contribution < 1.29 is 9.32 Å². The second-order valence-electron chi connectivity index (χ2n) is 6.84. The summed E-state index contributed by atoms with van der Waals surface area (Å²) in [5.41, 5.74) is 0. The van der Waals surface area contributed by atoms with E-state index in [2.05, 4.69) is 30.4 Å². The van der Waals surface area contributed by atoms with Crippen molar-refractivity contribution in [2.24, 2.45) is 0 Å². The molecule has 0 amide bonds. The molecule has 1 heterocycles. The number of hydrogen-bond acceptors (Lipinski definition) is 4. The summed E-state index contributed by atoms with van der Waals surface area (Å²) in [4.78, 5) is 12.3. The van der Waals surface area contributed by atoms with E-state index in [9.17, 15) is 4.79 Å². The Kier molecular flexibility index (Phi) is 7.27. The summed E-state index contributed by atoms with van der Waals surface area (Å²) in [6.07, 6.45) is 10.2. The molecule has 128 valence electrons. The zero-order valence-corrected chi connectivity index (χ0v) is 15.6. The van der Waals surface area contributed by atoms with Crippen molar-refractivity contribution >= 4 is 14.2 Å².